The van der Waals surface area contributed by atoms with Crippen molar-refractivity contribution in [3.05, 3.63) is 0 Å². The van der Waals surface area contributed by atoms with Gasteiger partial charge in [-0.2, -0.15) is 0 Å². The maximum Gasteiger partial charge on any atom is 0.0846 e. The highest BCUT2D eigenvalue weighted by Crippen LogP contribution is 2.29. The second-order valence-corrected chi connectivity index (χ2v) is 3.88. The predicted octanol–water partition coefficient (Wildman–Crippen LogP) is 1.35. The second-order valence-electron chi connectivity index (χ2n) is 3.88. The van der Waals surface area contributed by atoms with Gasteiger partial charge < -0.3 is 5.73 Å². The Hall–Kier alpha value is -0.370. The van der Waals surface area contributed by atoms with Gasteiger partial charge in [0.25, 0.3) is 0 Å². The van der Waals surface area contributed by atoms with E-state index >= 15 is 0 Å². The molecule has 0 amide bonds. The molecule has 1 aliphatic heterocycles. The van der Waals surface area contributed by atoms with Crippen molar-refractivity contribution in [1.29, 1.82) is 0 Å². The minimum atomic E-state index is 0.492. The van der Waals surface area contributed by atoms with Crippen LogP contribution in [0, 0.1) is 5.92 Å². The van der Waals surface area contributed by atoms with E-state index in [0.717, 1.165) is 5.92 Å². The molecule has 0 saturated heterocycles. The van der Waals surface area contributed by atoms with E-state index < -0.39 is 0 Å². The van der Waals surface area contributed by atoms with Crippen molar-refractivity contribution < 1.29 is 0 Å². The fourth-order valence-electron chi connectivity index (χ4n) is 1.95. The number of nitrogens with two attached hydrogens (primary N) is 1. The highest BCUT2D eigenvalue weighted by Gasteiger charge is 2.23. The van der Waals surface area contributed by atoms with Gasteiger partial charge in [0, 0.05) is 12.3 Å². The zero-order chi connectivity index (χ0) is 7.68. The Labute approximate surface area is 67.9 Å². The first-order valence-corrected chi connectivity index (χ1v) is 4.63. The summed E-state index contributed by atoms with van der Waals surface area (Å²) in [7, 11) is 0. The van der Waals surface area contributed by atoms with Gasteiger partial charge in [-0.05, 0) is 38.0 Å². The Balaban J connectivity index is 1.69. The van der Waals surface area contributed by atoms with Gasteiger partial charge in [-0.1, -0.05) is 0 Å². The van der Waals surface area contributed by atoms with Crippen molar-refractivity contribution >= 4 is 6.21 Å². The molecule has 0 aromatic carbocycles. The van der Waals surface area contributed by atoms with Crippen LogP contribution in [-0.2, 0) is 0 Å². The topological polar surface area (TPSA) is 38.4 Å². The minimum Gasteiger partial charge on any atom is -0.328 e. The van der Waals surface area contributed by atoms with E-state index in [9.17, 15) is 0 Å². The third kappa shape index (κ3) is 2.03. The minimum absolute atomic E-state index is 0.492. The predicted molar refractivity (Wildman–Crippen MR) is 46.8 cm³/mol. The van der Waals surface area contributed by atoms with Crippen molar-refractivity contribution in [2.45, 2.75) is 44.2 Å². The van der Waals surface area contributed by atoms with Crippen LogP contribution in [0.2, 0.25) is 0 Å². The van der Waals surface area contributed by atoms with Gasteiger partial charge in [-0.25, -0.2) is 0 Å². The fourth-order valence-corrected chi connectivity index (χ4v) is 1.95. The molecule has 2 N–H and O–H groups in total. The van der Waals surface area contributed by atoms with Crippen LogP contribution in [0.5, 0.6) is 0 Å². The molecule has 0 radical (unpaired) electrons. The SMILES string of the molecule is NC1CCC(CC2C=N2)CC1. The van der Waals surface area contributed by atoms with E-state index in [1.54, 1.807) is 0 Å². The van der Waals surface area contributed by atoms with Crippen LogP contribution in [0.4, 0.5) is 0 Å². The summed E-state index contributed by atoms with van der Waals surface area (Å²) in [5, 5.41) is 0. The third-order valence-corrected chi connectivity index (χ3v) is 2.83. The van der Waals surface area contributed by atoms with Gasteiger partial charge >= 0.3 is 0 Å². The number of aliphatic imine (C=N–C) groups is 1. The average molecular weight is 152 g/mol. The maximum absolute atomic E-state index is 5.81. The summed E-state index contributed by atoms with van der Waals surface area (Å²) in [6.45, 7) is 0. The summed E-state index contributed by atoms with van der Waals surface area (Å²) in [5.41, 5.74) is 5.81. The van der Waals surface area contributed by atoms with Gasteiger partial charge in [0.2, 0.25) is 0 Å². The van der Waals surface area contributed by atoms with E-state index in [0.29, 0.717) is 12.1 Å². The van der Waals surface area contributed by atoms with Crippen LogP contribution in [0.3, 0.4) is 0 Å². The average Bonchev–Trinajstić information content (AvgIpc) is 2.78. The first kappa shape index (κ1) is 7.29. The fraction of sp³-hybridized carbons (Fsp3) is 0.889. The maximum atomic E-state index is 5.81. The van der Waals surface area contributed by atoms with Crippen LogP contribution in [0.25, 0.3) is 0 Å². The molecular weight excluding hydrogens is 136 g/mol. The molecule has 0 bridgehead atoms. The van der Waals surface area contributed by atoms with Crippen molar-refractivity contribution in [2.24, 2.45) is 16.6 Å². The second kappa shape index (κ2) is 2.94. The molecule has 1 unspecified atom stereocenters. The Bertz CT molecular complexity index is 151. The molecule has 0 aromatic rings. The highest BCUT2D eigenvalue weighted by atomic mass is 14.9. The van der Waals surface area contributed by atoms with E-state index in [1.807, 2.05) is 0 Å². The summed E-state index contributed by atoms with van der Waals surface area (Å²) in [6, 6.07) is 1.11. The van der Waals surface area contributed by atoms with Gasteiger partial charge in [0.15, 0.2) is 0 Å². The lowest BCUT2D eigenvalue weighted by atomic mass is 9.83. The van der Waals surface area contributed by atoms with Gasteiger partial charge in [0.1, 0.15) is 0 Å². The number of nitrogens with zero attached hydrogens (tertiary/aromatic N) is 1. The van der Waals surface area contributed by atoms with Crippen molar-refractivity contribution in [1.82, 2.24) is 0 Å². The van der Waals surface area contributed by atoms with Crippen LogP contribution in [0.15, 0.2) is 4.99 Å². The first-order chi connectivity index (χ1) is 5.34. The number of rotatable bonds is 2. The summed E-state index contributed by atoms with van der Waals surface area (Å²) in [5.74, 6) is 0.919. The molecule has 1 saturated carbocycles. The quantitative estimate of drug-likeness (QED) is 0.637. The van der Waals surface area contributed by atoms with Gasteiger partial charge in [-0.3, -0.25) is 4.99 Å². The van der Waals surface area contributed by atoms with E-state index in [1.165, 1.54) is 32.1 Å². The number of hydrogen-bond acceptors (Lipinski definition) is 2. The Kier molecular flexibility index (Phi) is 1.95. The van der Waals surface area contributed by atoms with Gasteiger partial charge in [-0.15, -0.1) is 0 Å². The normalized spacial score (nSPS) is 42.5. The van der Waals surface area contributed by atoms with E-state index in [4.69, 9.17) is 5.73 Å². The van der Waals surface area contributed by atoms with E-state index in [-0.39, 0.29) is 0 Å². The van der Waals surface area contributed by atoms with Crippen molar-refractivity contribution in [3.8, 4) is 0 Å². The molecule has 2 nitrogen and oxygen atoms in total. The lowest BCUT2D eigenvalue weighted by molar-refractivity contribution is 0.312. The molecule has 1 heterocycles. The molecule has 11 heavy (non-hydrogen) atoms. The van der Waals surface area contributed by atoms with Crippen LogP contribution < -0.4 is 5.73 Å². The standard InChI is InChI=1S/C9H16N2/c10-8-3-1-7(2-4-8)5-9-6-11-9/h6-9H,1-5,10H2. The molecule has 62 valence electrons. The summed E-state index contributed by atoms with van der Waals surface area (Å²) in [4.78, 5) is 4.16. The molecule has 2 rings (SSSR count). The van der Waals surface area contributed by atoms with Crippen molar-refractivity contribution in [3.63, 3.8) is 0 Å². The molecule has 2 heteroatoms. The number of hydrogen-bond donors (Lipinski definition) is 1. The zero-order valence-electron chi connectivity index (χ0n) is 6.87. The van der Waals surface area contributed by atoms with Crippen LogP contribution >= 0.6 is 0 Å². The van der Waals surface area contributed by atoms with E-state index in [2.05, 4.69) is 11.2 Å². The van der Waals surface area contributed by atoms with Gasteiger partial charge in [0.05, 0.1) is 6.04 Å². The highest BCUT2D eigenvalue weighted by molar-refractivity contribution is 5.77. The lowest BCUT2D eigenvalue weighted by Crippen LogP contribution is -2.27. The smallest absolute Gasteiger partial charge is 0.0846 e. The first-order valence-electron chi connectivity index (χ1n) is 4.63. The largest absolute Gasteiger partial charge is 0.328 e. The Morgan fingerprint density at radius 3 is 2.45 bits per heavy atom. The van der Waals surface area contributed by atoms with Crippen LogP contribution in [0.1, 0.15) is 32.1 Å². The lowest BCUT2D eigenvalue weighted by Gasteiger charge is -2.25. The molecule has 0 aromatic heterocycles. The Morgan fingerprint density at radius 1 is 1.27 bits per heavy atom. The summed E-state index contributed by atoms with van der Waals surface area (Å²) in [6.07, 6.45) is 8.50. The summed E-state index contributed by atoms with van der Waals surface area (Å²) >= 11 is 0. The molecular formula is C9H16N2. The molecule has 1 atom stereocenters. The zero-order valence-corrected chi connectivity index (χ0v) is 6.87. The third-order valence-electron chi connectivity index (χ3n) is 2.83. The Morgan fingerprint density at radius 2 is 1.91 bits per heavy atom. The van der Waals surface area contributed by atoms with Crippen LogP contribution in [-0.4, -0.2) is 18.3 Å². The van der Waals surface area contributed by atoms with Crippen molar-refractivity contribution in [2.75, 3.05) is 0 Å². The molecule has 2 aliphatic rings. The molecule has 0 spiro atoms. The monoisotopic (exact) mass is 152 g/mol. The molecule has 1 fully saturated rings. The summed E-state index contributed by atoms with van der Waals surface area (Å²) < 4.78 is 0. The molecule has 1 aliphatic carbocycles.